The monoisotopic (exact) mass is 260 g/mol. The van der Waals surface area contributed by atoms with Crippen LogP contribution in [0.3, 0.4) is 0 Å². The van der Waals surface area contributed by atoms with Crippen molar-refractivity contribution in [2.24, 2.45) is 0 Å². The molecular formula is C10H12N8O. The van der Waals surface area contributed by atoms with Gasteiger partial charge in [0.2, 0.25) is 11.8 Å². The minimum atomic E-state index is 0.188. The number of aromatic nitrogens is 6. The number of H-pyrrole nitrogens is 1. The van der Waals surface area contributed by atoms with Crippen LogP contribution in [-0.4, -0.2) is 36.9 Å². The Hall–Kier alpha value is -2.71. The van der Waals surface area contributed by atoms with Gasteiger partial charge in [0.1, 0.15) is 5.82 Å². The van der Waals surface area contributed by atoms with E-state index in [-0.39, 0.29) is 5.95 Å². The van der Waals surface area contributed by atoms with Gasteiger partial charge in [-0.25, -0.2) is 0 Å². The second-order valence-corrected chi connectivity index (χ2v) is 3.97. The molecule has 9 heteroatoms. The van der Waals surface area contributed by atoms with E-state index in [1.54, 1.807) is 13.1 Å². The lowest BCUT2D eigenvalue weighted by Crippen LogP contribution is -2.08. The van der Waals surface area contributed by atoms with E-state index >= 15 is 0 Å². The number of nitrogens with two attached hydrogens (primary N) is 1. The van der Waals surface area contributed by atoms with Gasteiger partial charge in [-0.05, 0) is 6.92 Å². The number of nitrogen functional groups attached to an aromatic ring is 1. The van der Waals surface area contributed by atoms with Gasteiger partial charge in [-0.1, -0.05) is 5.16 Å². The summed E-state index contributed by atoms with van der Waals surface area (Å²) in [6.45, 7) is 2.37. The summed E-state index contributed by atoms with van der Waals surface area (Å²) in [6, 6.07) is 0. The molecule has 0 saturated carbocycles. The number of rotatable bonds is 4. The van der Waals surface area contributed by atoms with Crippen LogP contribution in [0.4, 0.5) is 11.8 Å². The minimum absolute atomic E-state index is 0.188. The normalized spacial score (nSPS) is 11.0. The number of anilines is 2. The van der Waals surface area contributed by atoms with E-state index in [1.165, 1.54) is 0 Å². The summed E-state index contributed by atoms with van der Waals surface area (Å²) in [6.07, 6.45) is 2.25. The van der Waals surface area contributed by atoms with Gasteiger partial charge in [-0.15, -0.1) is 0 Å². The molecule has 0 fully saturated rings. The first-order valence-corrected chi connectivity index (χ1v) is 5.72. The quantitative estimate of drug-likeness (QED) is 0.609. The lowest BCUT2D eigenvalue weighted by Gasteiger charge is -2.05. The fourth-order valence-electron chi connectivity index (χ4n) is 1.72. The average Bonchev–Trinajstić information content (AvgIpc) is 2.98. The topological polar surface area (TPSA) is 131 Å². The predicted octanol–water partition coefficient (Wildman–Crippen LogP) is 0.281. The largest absolute Gasteiger partial charge is 0.369 e. The van der Waals surface area contributed by atoms with Gasteiger partial charge in [-0.3, -0.25) is 5.10 Å². The number of fused-ring (bicyclic) bond motifs is 1. The highest BCUT2D eigenvalue weighted by molar-refractivity contribution is 5.86. The van der Waals surface area contributed by atoms with Crippen LogP contribution in [0.15, 0.2) is 10.7 Å². The fraction of sp³-hybridized carbons (Fsp3) is 0.300. The number of aromatic amines is 1. The molecule has 0 aliphatic rings. The highest BCUT2D eigenvalue weighted by Crippen LogP contribution is 2.18. The molecule has 4 N–H and O–H groups in total. The molecule has 98 valence electrons. The summed E-state index contributed by atoms with van der Waals surface area (Å²) >= 11 is 0. The zero-order chi connectivity index (χ0) is 13.2. The first-order chi connectivity index (χ1) is 9.22. The summed E-state index contributed by atoms with van der Waals surface area (Å²) in [5.74, 6) is 2.02. The summed E-state index contributed by atoms with van der Waals surface area (Å²) in [4.78, 5) is 12.3. The standard InChI is InChI=1S/C10H12N8O/c1-5-14-7(19-18-5)2-3-12-8-6-4-13-17-9(6)16-10(11)15-8/h4H,2-3H2,1H3,(H4,11,12,13,15,16,17). The molecule has 0 radical (unpaired) electrons. The number of hydrogen-bond donors (Lipinski definition) is 3. The Labute approximate surface area is 107 Å². The molecule has 9 nitrogen and oxygen atoms in total. The third-order valence-electron chi connectivity index (χ3n) is 2.53. The molecule has 0 unspecified atom stereocenters. The van der Waals surface area contributed by atoms with Crippen molar-refractivity contribution in [3.8, 4) is 0 Å². The third kappa shape index (κ3) is 2.30. The van der Waals surface area contributed by atoms with Crippen molar-refractivity contribution in [1.82, 2.24) is 30.3 Å². The summed E-state index contributed by atoms with van der Waals surface area (Å²) < 4.78 is 5.02. The zero-order valence-electron chi connectivity index (χ0n) is 10.2. The maximum absolute atomic E-state index is 5.62. The number of aryl methyl sites for hydroxylation is 1. The molecule has 0 aliphatic carbocycles. The van der Waals surface area contributed by atoms with Gasteiger partial charge >= 0.3 is 0 Å². The maximum Gasteiger partial charge on any atom is 0.228 e. The van der Waals surface area contributed by atoms with Crippen LogP contribution in [0, 0.1) is 6.92 Å². The van der Waals surface area contributed by atoms with Crippen LogP contribution in [0.2, 0.25) is 0 Å². The molecule has 0 spiro atoms. The average molecular weight is 260 g/mol. The van der Waals surface area contributed by atoms with Crippen molar-refractivity contribution in [3.05, 3.63) is 17.9 Å². The minimum Gasteiger partial charge on any atom is -0.369 e. The molecule has 3 aromatic rings. The van der Waals surface area contributed by atoms with E-state index in [1.807, 2.05) is 0 Å². The van der Waals surface area contributed by atoms with Crippen LogP contribution in [-0.2, 0) is 6.42 Å². The Balaban J connectivity index is 1.73. The lowest BCUT2D eigenvalue weighted by atomic mass is 10.3. The van der Waals surface area contributed by atoms with Gasteiger partial charge in [0.25, 0.3) is 0 Å². The molecule has 3 heterocycles. The van der Waals surface area contributed by atoms with Gasteiger partial charge in [0.05, 0.1) is 11.6 Å². The Kier molecular flexibility index (Phi) is 2.71. The van der Waals surface area contributed by atoms with Crippen molar-refractivity contribution < 1.29 is 4.52 Å². The first kappa shape index (κ1) is 11.4. The van der Waals surface area contributed by atoms with Crippen LogP contribution in [0.5, 0.6) is 0 Å². The third-order valence-corrected chi connectivity index (χ3v) is 2.53. The molecular weight excluding hydrogens is 248 g/mol. The highest BCUT2D eigenvalue weighted by atomic mass is 16.5. The van der Waals surface area contributed by atoms with Gasteiger partial charge in [0, 0.05) is 13.0 Å². The zero-order valence-corrected chi connectivity index (χ0v) is 10.2. The summed E-state index contributed by atoms with van der Waals surface area (Å²) in [7, 11) is 0. The maximum atomic E-state index is 5.62. The van der Waals surface area contributed by atoms with Crippen molar-refractivity contribution in [3.63, 3.8) is 0 Å². The first-order valence-electron chi connectivity index (χ1n) is 5.72. The van der Waals surface area contributed by atoms with Crippen LogP contribution in [0.25, 0.3) is 11.0 Å². The molecule has 0 aliphatic heterocycles. The molecule has 0 bridgehead atoms. The molecule has 19 heavy (non-hydrogen) atoms. The van der Waals surface area contributed by atoms with Crippen molar-refractivity contribution in [2.75, 3.05) is 17.6 Å². The summed E-state index contributed by atoms with van der Waals surface area (Å²) in [5.41, 5.74) is 6.22. The number of hydrogen-bond acceptors (Lipinski definition) is 8. The molecule has 0 amide bonds. The molecule has 0 atom stereocenters. The second-order valence-electron chi connectivity index (χ2n) is 3.97. The Bertz CT molecular complexity index is 702. The van der Waals surface area contributed by atoms with Crippen LogP contribution < -0.4 is 11.1 Å². The SMILES string of the molecule is Cc1noc(CCNc2nc(N)nc3[nH]ncc23)n1. The van der Waals surface area contributed by atoms with Gasteiger partial charge in [0.15, 0.2) is 11.5 Å². The number of nitrogens with one attached hydrogen (secondary N) is 2. The van der Waals surface area contributed by atoms with E-state index < -0.39 is 0 Å². The van der Waals surface area contributed by atoms with Crippen LogP contribution >= 0.6 is 0 Å². The van der Waals surface area contributed by atoms with Gasteiger partial charge < -0.3 is 15.6 Å². The Morgan fingerprint density at radius 1 is 1.37 bits per heavy atom. The smallest absolute Gasteiger partial charge is 0.228 e. The molecule has 0 saturated heterocycles. The summed E-state index contributed by atoms with van der Waals surface area (Å²) in [5, 5.41) is 14.3. The van der Waals surface area contributed by atoms with Crippen molar-refractivity contribution in [2.45, 2.75) is 13.3 Å². The molecule has 3 aromatic heterocycles. The van der Waals surface area contributed by atoms with Gasteiger partial charge in [-0.2, -0.15) is 20.1 Å². The molecule has 3 rings (SSSR count). The van der Waals surface area contributed by atoms with E-state index in [0.717, 1.165) is 5.39 Å². The molecule has 0 aromatic carbocycles. The van der Waals surface area contributed by atoms with E-state index in [9.17, 15) is 0 Å². The van der Waals surface area contributed by atoms with Crippen molar-refractivity contribution in [1.29, 1.82) is 0 Å². The fourth-order valence-corrected chi connectivity index (χ4v) is 1.72. The van der Waals surface area contributed by atoms with E-state index in [2.05, 4.69) is 35.6 Å². The lowest BCUT2D eigenvalue weighted by molar-refractivity contribution is 0.377. The highest BCUT2D eigenvalue weighted by Gasteiger charge is 2.08. The van der Waals surface area contributed by atoms with Crippen molar-refractivity contribution >= 4 is 22.8 Å². The Morgan fingerprint density at radius 2 is 2.26 bits per heavy atom. The van der Waals surface area contributed by atoms with Crippen LogP contribution in [0.1, 0.15) is 11.7 Å². The Morgan fingerprint density at radius 3 is 3.05 bits per heavy atom. The predicted molar refractivity (Wildman–Crippen MR) is 67.3 cm³/mol. The number of nitrogens with zero attached hydrogens (tertiary/aromatic N) is 5. The van der Waals surface area contributed by atoms with E-state index in [0.29, 0.717) is 36.1 Å². The second kappa shape index (κ2) is 4.52. The van der Waals surface area contributed by atoms with E-state index in [4.69, 9.17) is 10.3 Å².